The van der Waals surface area contributed by atoms with Crippen LogP contribution < -0.4 is 5.32 Å². The molecule has 0 fully saturated rings. The Labute approximate surface area is 119 Å². The van der Waals surface area contributed by atoms with E-state index < -0.39 is 0 Å². The zero-order chi connectivity index (χ0) is 13.6. The standard InChI is InChI=1S/C14H18Cl2N2/c1-14(2,10-17)5-3-4-6-18-13-8-11(15)7-12(16)9-13/h7-9,18H,3-6H2,1-2H3. The molecule has 0 aliphatic heterocycles. The monoisotopic (exact) mass is 284 g/mol. The van der Waals surface area contributed by atoms with Crippen LogP contribution in [0.4, 0.5) is 5.69 Å². The number of hydrogen-bond donors (Lipinski definition) is 1. The molecule has 0 saturated heterocycles. The smallest absolute Gasteiger partial charge is 0.0683 e. The van der Waals surface area contributed by atoms with E-state index in [1.807, 2.05) is 26.0 Å². The van der Waals surface area contributed by atoms with Crippen LogP contribution in [0, 0.1) is 16.7 Å². The van der Waals surface area contributed by atoms with Crippen molar-refractivity contribution in [1.82, 2.24) is 0 Å². The maximum atomic E-state index is 8.89. The van der Waals surface area contributed by atoms with Crippen LogP contribution in [0.25, 0.3) is 0 Å². The fourth-order valence-electron chi connectivity index (χ4n) is 1.64. The van der Waals surface area contributed by atoms with Crippen molar-refractivity contribution in [3.05, 3.63) is 28.2 Å². The average Bonchev–Trinajstić information content (AvgIpc) is 2.27. The van der Waals surface area contributed by atoms with Gasteiger partial charge in [-0.3, -0.25) is 0 Å². The third-order valence-corrected chi connectivity index (χ3v) is 3.16. The molecule has 1 aromatic rings. The maximum absolute atomic E-state index is 8.89. The van der Waals surface area contributed by atoms with Gasteiger partial charge >= 0.3 is 0 Å². The minimum Gasteiger partial charge on any atom is -0.385 e. The highest BCUT2D eigenvalue weighted by atomic mass is 35.5. The zero-order valence-corrected chi connectivity index (χ0v) is 12.3. The average molecular weight is 285 g/mol. The summed E-state index contributed by atoms with van der Waals surface area (Å²) in [4.78, 5) is 0. The summed E-state index contributed by atoms with van der Waals surface area (Å²) >= 11 is 11.8. The van der Waals surface area contributed by atoms with E-state index in [0.29, 0.717) is 10.0 Å². The van der Waals surface area contributed by atoms with E-state index >= 15 is 0 Å². The molecule has 18 heavy (non-hydrogen) atoms. The number of benzene rings is 1. The van der Waals surface area contributed by atoms with Gasteiger partial charge in [-0.2, -0.15) is 5.26 Å². The second-order valence-electron chi connectivity index (χ2n) is 5.04. The van der Waals surface area contributed by atoms with Crippen LogP contribution in [0.15, 0.2) is 18.2 Å². The van der Waals surface area contributed by atoms with Crippen molar-refractivity contribution in [3.63, 3.8) is 0 Å². The number of hydrogen-bond acceptors (Lipinski definition) is 2. The Hall–Kier alpha value is -0.910. The summed E-state index contributed by atoms with van der Waals surface area (Å²) < 4.78 is 0. The molecule has 0 saturated carbocycles. The molecule has 0 radical (unpaired) electrons. The van der Waals surface area contributed by atoms with Crippen LogP contribution in [-0.4, -0.2) is 6.54 Å². The molecule has 2 nitrogen and oxygen atoms in total. The molecule has 1 rings (SSSR count). The lowest BCUT2D eigenvalue weighted by Gasteiger charge is -2.14. The van der Waals surface area contributed by atoms with Crippen molar-refractivity contribution >= 4 is 28.9 Å². The van der Waals surface area contributed by atoms with Gasteiger partial charge < -0.3 is 5.32 Å². The molecule has 98 valence electrons. The van der Waals surface area contributed by atoms with Gasteiger partial charge in [0.1, 0.15) is 0 Å². The number of anilines is 1. The number of halogens is 2. The van der Waals surface area contributed by atoms with Crippen LogP contribution in [0.5, 0.6) is 0 Å². The van der Waals surface area contributed by atoms with Crippen LogP contribution in [0.2, 0.25) is 10.0 Å². The van der Waals surface area contributed by atoms with Crippen molar-refractivity contribution in [3.8, 4) is 6.07 Å². The summed E-state index contributed by atoms with van der Waals surface area (Å²) in [7, 11) is 0. The third-order valence-electron chi connectivity index (χ3n) is 2.72. The van der Waals surface area contributed by atoms with E-state index in [1.165, 1.54) is 0 Å². The topological polar surface area (TPSA) is 35.8 Å². The molecule has 0 aromatic heterocycles. The van der Waals surface area contributed by atoms with Crippen LogP contribution in [-0.2, 0) is 0 Å². The van der Waals surface area contributed by atoms with E-state index in [2.05, 4.69) is 11.4 Å². The van der Waals surface area contributed by atoms with E-state index in [4.69, 9.17) is 28.5 Å². The Balaban J connectivity index is 2.28. The number of nitriles is 1. The molecule has 1 N–H and O–H groups in total. The lowest BCUT2D eigenvalue weighted by atomic mass is 9.89. The normalized spacial score (nSPS) is 11.1. The van der Waals surface area contributed by atoms with Crippen LogP contribution >= 0.6 is 23.2 Å². The van der Waals surface area contributed by atoms with Gasteiger partial charge in [-0.05, 0) is 44.9 Å². The van der Waals surface area contributed by atoms with Gasteiger partial charge in [0.05, 0.1) is 11.5 Å². The Bertz CT molecular complexity index is 416. The molecule has 0 atom stereocenters. The molecule has 1 aromatic carbocycles. The highest BCUT2D eigenvalue weighted by Gasteiger charge is 2.15. The molecule has 0 spiro atoms. The molecule has 0 unspecified atom stereocenters. The van der Waals surface area contributed by atoms with Crippen molar-refractivity contribution in [2.75, 3.05) is 11.9 Å². The van der Waals surface area contributed by atoms with Gasteiger partial charge in [-0.1, -0.05) is 29.6 Å². The first-order valence-electron chi connectivity index (χ1n) is 6.04. The molecule has 0 aliphatic carbocycles. The van der Waals surface area contributed by atoms with Crippen molar-refractivity contribution in [2.24, 2.45) is 5.41 Å². The summed E-state index contributed by atoms with van der Waals surface area (Å²) in [6, 6.07) is 7.73. The fourth-order valence-corrected chi connectivity index (χ4v) is 2.16. The lowest BCUT2D eigenvalue weighted by molar-refractivity contribution is 0.430. The van der Waals surface area contributed by atoms with E-state index in [9.17, 15) is 0 Å². The first-order valence-corrected chi connectivity index (χ1v) is 6.80. The van der Waals surface area contributed by atoms with Gasteiger partial charge in [0.2, 0.25) is 0 Å². The Morgan fingerprint density at radius 1 is 1.17 bits per heavy atom. The summed E-state index contributed by atoms with van der Waals surface area (Å²) in [5.74, 6) is 0. The van der Waals surface area contributed by atoms with Gasteiger partial charge in [-0.15, -0.1) is 0 Å². The number of nitrogens with one attached hydrogen (secondary N) is 1. The number of nitrogens with zero attached hydrogens (tertiary/aromatic N) is 1. The summed E-state index contributed by atoms with van der Waals surface area (Å²) in [6.07, 6.45) is 2.97. The van der Waals surface area contributed by atoms with E-state index in [1.54, 1.807) is 6.07 Å². The zero-order valence-electron chi connectivity index (χ0n) is 10.8. The largest absolute Gasteiger partial charge is 0.385 e. The predicted octanol–water partition coefficient (Wildman–Crippen LogP) is 5.13. The second kappa shape index (κ2) is 6.87. The number of unbranched alkanes of at least 4 members (excludes halogenated alkanes) is 1. The maximum Gasteiger partial charge on any atom is 0.0683 e. The Kier molecular flexibility index (Phi) is 5.78. The summed E-state index contributed by atoms with van der Waals surface area (Å²) in [5, 5.41) is 13.4. The fraction of sp³-hybridized carbons (Fsp3) is 0.500. The first-order chi connectivity index (χ1) is 8.43. The molecular formula is C14H18Cl2N2. The third kappa shape index (κ3) is 5.62. The van der Waals surface area contributed by atoms with Gasteiger partial charge in [0, 0.05) is 22.3 Å². The highest BCUT2D eigenvalue weighted by Crippen LogP contribution is 2.23. The van der Waals surface area contributed by atoms with Crippen molar-refractivity contribution in [1.29, 1.82) is 5.26 Å². The Morgan fingerprint density at radius 3 is 2.33 bits per heavy atom. The van der Waals surface area contributed by atoms with E-state index in [0.717, 1.165) is 31.5 Å². The molecule has 0 bridgehead atoms. The molecule has 0 heterocycles. The van der Waals surface area contributed by atoms with Crippen molar-refractivity contribution < 1.29 is 0 Å². The quantitative estimate of drug-likeness (QED) is 0.736. The lowest BCUT2D eigenvalue weighted by Crippen LogP contribution is -2.09. The van der Waals surface area contributed by atoms with Gasteiger partial charge in [0.25, 0.3) is 0 Å². The van der Waals surface area contributed by atoms with Crippen LogP contribution in [0.1, 0.15) is 33.1 Å². The summed E-state index contributed by atoms with van der Waals surface area (Å²) in [5.41, 5.74) is 0.714. The SMILES string of the molecule is CC(C)(C#N)CCCCNc1cc(Cl)cc(Cl)c1. The first kappa shape index (κ1) is 15.1. The van der Waals surface area contributed by atoms with Crippen molar-refractivity contribution in [2.45, 2.75) is 33.1 Å². The minimum atomic E-state index is -0.223. The molecule has 0 amide bonds. The second-order valence-corrected chi connectivity index (χ2v) is 5.91. The van der Waals surface area contributed by atoms with Gasteiger partial charge in [0.15, 0.2) is 0 Å². The summed E-state index contributed by atoms with van der Waals surface area (Å²) in [6.45, 7) is 4.80. The highest BCUT2D eigenvalue weighted by molar-refractivity contribution is 6.35. The van der Waals surface area contributed by atoms with E-state index in [-0.39, 0.29) is 5.41 Å². The molecular weight excluding hydrogens is 267 g/mol. The number of rotatable bonds is 6. The Morgan fingerprint density at radius 2 is 1.78 bits per heavy atom. The molecule has 4 heteroatoms. The minimum absolute atomic E-state index is 0.223. The molecule has 0 aliphatic rings. The van der Waals surface area contributed by atoms with Gasteiger partial charge in [-0.25, -0.2) is 0 Å². The van der Waals surface area contributed by atoms with Crippen LogP contribution in [0.3, 0.4) is 0 Å². The predicted molar refractivity (Wildman–Crippen MR) is 78.2 cm³/mol.